The summed E-state index contributed by atoms with van der Waals surface area (Å²) in [5.41, 5.74) is 1.75. The van der Waals surface area contributed by atoms with Crippen molar-refractivity contribution in [1.29, 1.82) is 0 Å². The van der Waals surface area contributed by atoms with Crippen LogP contribution in [0.2, 0.25) is 5.15 Å². The minimum absolute atomic E-state index is 0.0658. The number of thioether (sulfide) groups is 1. The largest absolute Gasteiger partial charge is 0.353 e. The Balaban J connectivity index is 1.13. The van der Waals surface area contributed by atoms with Crippen molar-refractivity contribution in [2.45, 2.75) is 24.7 Å². The Bertz CT molecular complexity index is 1320. The average molecular weight is 583 g/mol. The summed E-state index contributed by atoms with van der Waals surface area (Å²) in [6.07, 6.45) is 0. The summed E-state index contributed by atoms with van der Waals surface area (Å²) in [4.78, 5) is 43.0. The molecule has 2 amide bonds. The molecule has 0 bridgehead atoms. The van der Waals surface area contributed by atoms with Crippen LogP contribution in [0.1, 0.15) is 22.8 Å². The van der Waals surface area contributed by atoms with Crippen LogP contribution in [0.15, 0.2) is 65.8 Å². The third kappa shape index (κ3) is 7.10. The van der Waals surface area contributed by atoms with Crippen LogP contribution >= 0.6 is 23.4 Å². The summed E-state index contributed by atoms with van der Waals surface area (Å²) in [5.74, 6) is 0.492. The molecule has 1 aromatic heterocycles. The lowest BCUT2D eigenvalue weighted by Gasteiger charge is -2.40. The second-order valence-corrected chi connectivity index (χ2v) is 11.4. The van der Waals surface area contributed by atoms with Gasteiger partial charge in [0.05, 0.1) is 5.75 Å². The first-order valence-electron chi connectivity index (χ1n) is 13.4. The van der Waals surface area contributed by atoms with Crippen molar-refractivity contribution in [3.05, 3.63) is 82.8 Å². The van der Waals surface area contributed by atoms with Crippen molar-refractivity contribution in [3.63, 3.8) is 0 Å². The molecule has 0 radical (unpaired) electrons. The van der Waals surface area contributed by atoms with Crippen LogP contribution in [-0.2, 0) is 11.3 Å². The zero-order chi connectivity index (χ0) is 28.1. The molecule has 1 atom stereocenters. The van der Waals surface area contributed by atoms with Crippen LogP contribution in [0.3, 0.4) is 0 Å². The number of hydrogen-bond acceptors (Lipinski definition) is 7. The van der Waals surface area contributed by atoms with E-state index in [9.17, 15) is 14.0 Å². The fourth-order valence-electron chi connectivity index (χ4n) is 5.05. The standard InChI is InChI=1S/C29H32ClFN6O2S/c1-21-18-36(15-16-37(21)28(39)23-7-9-24(31)10-8-23)26-17-25(30)32-29(33-26)40-20-27(38)35-13-11-34(12-14-35)19-22-5-3-2-4-6-22/h2-10,17,21H,11-16,18-20H2,1H3. The van der Waals surface area contributed by atoms with Crippen LogP contribution in [0.25, 0.3) is 0 Å². The van der Waals surface area contributed by atoms with Crippen molar-refractivity contribution in [1.82, 2.24) is 24.7 Å². The molecule has 0 N–H and O–H groups in total. The van der Waals surface area contributed by atoms with Crippen LogP contribution in [0.5, 0.6) is 0 Å². The number of piperazine rings is 2. The molecule has 0 spiro atoms. The summed E-state index contributed by atoms with van der Waals surface area (Å²) < 4.78 is 13.3. The number of aromatic nitrogens is 2. The van der Waals surface area contributed by atoms with E-state index in [0.717, 1.165) is 19.6 Å². The molecule has 2 aromatic carbocycles. The van der Waals surface area contributed by atoms with Gasteiger partial charge in [0.15, 0.2) is 5.16 Å². The molecular weight excluding hydrogens is 551 g/mol. The molecule has 2 saturated heterocycles. The van der Waals surface area contributed by atoms with Gasteiger partial charge in [-0.25, -0.2) is 14.4 Å². The second kappa shape index (κ2) is 13.0. The van der Waals surface area contributed by atoms with E-state index in [2.05, 4.69) is 31.9 Å². The van der Waals surface area contributed by atoms with Gasteiger partial charge in [-0.3, -0.25) is 14.5 Å². The second-order valence-electron chi connectivity index (χ2n) is 10.1. The van der Waals surface area contributed by atoms with Gasteiger partial charge in [-0.2, -0.15) is 0 Å². The third-order valence-corrected chi connectivity index (χ3v) is 8.29. The van der Waals surface area contributed by atoms with Crippen molar-refractivity contribution in [3.8, 4) is 0 Å². The number of rotatable bonds is 7. The molecular formula is C29H32ClFN6O2S. The van der Waals surface area contributed by atoms with Crippen molar-refractivity contribution in [2.75, 3.05) is 56.5 Å². The molecule has 2 aliphatic heterocycles. The van der Waals surface area contributed by atoms with Gasteiger partial charge in [0.25, 0.3) is 5.91 Å². The van der Waals surface area contributed by atoms with Crippen molar-refractivity contribution < 1.29 is 14.0 Å². The minimum atomic E-state index is -0.369. The molecule has 2 aliphatic rings. The Morgan fingerprint density at radius 3 is 2.40 bits per heavy atom. The number of carbonyl (C=O) groups is 2. The monoisotopic (exact) mass is 582 g/mol. The highest BCUT2D eigenvalue weighted by Gasteiger charge is 2.29. The first-order valence-corrected chi connectivity index (χ1v) is 14.7. The maximum Gasteiger partial charge on any atom is 0.254 e. The molecule has 11 heteroatoms. The molecule has 2 fully saturated rings. The molecule has 40 heavy (non-hydrogen) atoms. The maximum absolute atomic E-state index is 13.3. The van der Waals surface area contributed by atoms with Crippen LogP contribution in [-0.4, -0.2) is 94.1 Å². The summed E-state index contributed by atoms with van der Waals surface area (Å²) in [6.45, 7) is 7.59. The number of nitrogens with zero attached hydrogens (tertiary/aromatic N) is 6. The molecule has 3 heterocycles. The predicted octanol–water partition coefficient (Wildman–Crippen LogP) is 4.06. The van der Waals surface area contributed by atoms with Crippen LogP contribution < -0.4 is 4.90 Å². The van der Waals surface area contributed by atoms with E-state index < -0.39 is 0 Å². The zero-order valence-corrected chi connectivity index (χ0v) is 24.0. The van der Waals surface area contributed by atoms with Crippen molar-refractivity contribution >= 4 is 41.0 Å². The zero-order valence-electron chi connectivity index (χ0n) is 22.4. The molecule has 3 aromatic rings. The van der Waals surface area contributed by atoms with E-state index in [1.54, 1.807) is 11.0 Å². The van der Waals surface area contributed by atoms with Crippen LogP contribution in [0, 0.1) is 5.82 Å². The third-order valence-electron chi connectivity index (χ3n) is 7.26. The molecule has 5 rings (SSSR count). The Kier molecular flexibility index (Phi) is 9.18. The molecule has 210 valence electrons. The molecule has 0 saturated carbocycles. The van der Waals surface area contributed by atoms with Gasteiger partial charge in [-0.1, -0.05) is 53.7 Å². The van der Waals surface area contributed by atoms with Crippen LogP contribution in [0.4, 0.5) is 10.2 Å². The van der Waals surface area contributed by atoms with Crippen molar-refractivity contribution in [2.24, 2.45) is 0 Å². The van der Waals surface area contributed by atoms with E-state index in [1.807, 2.05) is 30.0 Å². The Morgan fingerprint density at radius 1 is 0.975 bits per heavy atom. The van der Waals surface area contributed by atoms with E-state index in [4.69, 9.17) is 11.6 Å². The molecule has 0 aliphatic carbocycles. The lowest BCUT2D eigenvalue weighted by atomic mass is 10.1. The number of hydrogen-bond donors (Lipinski definition) is 0. The van der Waals surface area contributed by atoms with Gasteiger partial charge in [-0.05, 0) is 36.8 Å². The summed E-state index contributed by atoms with van der Waals surface area (Å²) in [5, 5.41) is 0.767. The van der Waals surface area contributed by atoms with E-state index in [1.165, 1.54) is 41.6 Å². The Labute approximate surface area is 243 Å². The Morgan fingerprint density at radius 2 is 1.70 bits per heavy atom. The number of halogens is 2. The number of carbonyl (C=O) groups excluding carboxylic acids is 2. The van der Waals surface area contributed by atoms with Gasteiger partial charge in [-0.15, -0.1) is 0 Å². The maximum atomic E-state index is 13.3. The first kappa shape index (κ1) is 28.3. The smallest absolute Gasteiger partial charge is 0.254 e. The lowest BCUT2D eigenvalue weighted by molar-refractivity contribution is -0.130. The molecule has 1 unspecified atom stereocenters. The summed E-state index contributed by atoms with van der Waals surface area (Å²) >= 11 is 7.63. The number of amides is 2. The highest BCUT2D eigenvalue weighted by atomic mass is 35.5. The van der Waals surface area contributed by atoms with E-state index in [-0.39, 0.29) is 29.4 Å². The topological polar surface area (TPSA) is 72.9 Å². The van der Waals surface area contributed by atoms with E-state index in [0.29, 0.717) is 54.4 Å². The summed E-state index contributed by atoms with van der Waals surface area (Å²) in [6, 6.07) is 17.6. The van der Waals surface area contributed by atoms with Gasteiger partial charge < -0.3 is 14.7 Å². The first-order chi connectivity index (χ1) is 19.4. The predicted molar refractivity (Wildman–Crippen MR) is 155 cm³/mol. The van der Waals surface area contributed by atoms with Gasteiger partial charge in [0.2, 0.25) is 5.91 Å². The van der Waals surface area contributed by atoms with Gasteiger partial charge in [0.1, 0.15) is 16.8 Å². The summed E-state index contributed by atoms with van der Waals surface area (Å²) in [7, 11) is 0. The SMILES string of the molecule is CC1CN(c2cc(Cl)nc(SCC(=O)N3CCN(Cc4ccccc4)CC3)n2)CCN1C(=O)c1ccc(F)cc1. The number of benzene rings is 2. The minimum Gasteiger partial charge on any atom is -0.353 e. The van der Waals surface area contributed by atoms with Gasteiger partial charge in [0, 0.05) is 70.0 Å². The fraction of sp³-hybridized carbons (Fsp3) is 0.379. The van der Waals surface area contributed by atoms with E-state index >= 15 is 0 Å². The highest BCUT2D eigenvalue weighted by molar-refractivity contribution is 7.99. The average Bonchev–Trinajstić information content (AvgIpc) is 2.96. The quantitative estimate of drug-likeness (QED) is 0.236. The normalized spacial score (nSPS) is 18.2. The fourth-order valence-corrected chi connectivity index (χ4v) is 6.04. The Hall–Kier alpha value is -3.21. The number of anilines is 1. The highest BCUT2D eigenvalue weighted by Crippen LogP contribution is 2.25. The lowest BCUT2D eigenvalue weighted by Crippen LogP contribution is -2.54. The molecule has 8 nitrogen and oxygen atoms in total. The van der Waals surface area contributed by atoms with Gasteiger partial charge >= 0.3 is 0 Å².